The number of ether oxygens (including phenoxy) is 1. The molecule has 8 nitrogen and oxygen atoms in total. The zero-order valence-electron chi connectivity index (χ0n) is 16.8. The number of carboxylic acids is 1. The maximum atomic E-state index is 12.4. The maximum Gasteiger partial charge on any atom is 0.336 e. The van der Waals surface area contributed by atoms with Crippen molar-refractivity contribution in [2.24, 2.45) is 0 Å². The van der Waals surface area contributed by atoms with Crippen LogP contribution in [-0.2, 0) is 6.42 Å². The highest BCUT2D eigenvalue weighted by Crippen LogP contribution is 2.21. The van der Waals surface area contributed by atoms with Gasteiger partial charge in [0, 0.05) is 43.2 Å². The third-order valence-electron chi connectivity index (χ3n) is 4.85. The van der Waals surface area contributed by atoms with Gasteiger partial charge in [0.25, 0.3) is 5.91 Å². The van der Waals surface area contributed by atoms with Crippen molar-refractivity contribution in [1.29, 1.82) is 0 Å². The van der Waals surface area contributed by atoms with Crippen LogP contribution >= 0.6 is 0 Å². The second kappa shape index (κ2) is 8.66. The molecule has 31 heavy (non-hydrogen) atoms. The van der Waals surface area contributed by atoms with E-state index in [1.54, 1.807) is 25.4 Å². The van der Waals surface area contributed by atoms with Crippen LogP contribution in [0.2, 0.25) is 0 Å². The van der Waals surface area contributed by atoms with Crippen LogP contribution in [0.25, 0.3) is 16.8 Å². The molecule has 3 heterocycles. The van der Waals surface area contributed by atoms with Crippen molar-refractivity contribution < 1.29 is 19.4 Å². The van der Waals surface area contributed by atoms with E-state index in [0.29, 0.717) is 18.8 Å². The summed E-state index contributed by atoms with van der Waals surface area (Å²) < 4.78 is 7.02. The average molecular weight is 416 g/mol. The van der Waals surface area contributed by atoms with E-state index in [1.165, 1.54) is 12.1 Å². The third-order valence-corrected chi connectivity index (χ3v) is 4.85. The van der Waals surface area contributed by atoms with Gasteiger partial charge < -0.3 is 19.6 Å². The van der Waals surface area contributed by atoms with Gasteiger partial charge in [-0.2, -0.15) is 0 Å². The number of carboxylic acid groups (broad SMARTS) is 1. The van der Waals surface area contributed by atoms with Crippen molar-refractivity contribution in [2.45, 2.75) is 6.42 Å². The quantitative estimate of drug-likeness (QED) is 0.480. The SMILES string of the molecule is COc1ccc(-c2ccc3nc(CCNC(=O)c4ccccc4C(=O)O)cn3c2)cn1. The van der Waals surface area contributed by atoms with Gasteiger partial charge >= 0.3 is 5.97 Å². The Balaban J connectivity index is 1.43. The van der Waals surface area contributed by atoms with Gasteiger partial charge in [0.05, 0.1) is 23.9 Å². The molecular formula is C23H20N4O4. The molecule has 0 spiro atoms. The van der Waals surface area contributed by atoms with Gasteiger partial charge in [-0.3, -0.25) is 4.79 Å². The van der Waals surface area contributed by atoms with Crippen LogP contribution in [0, 0.1) is 0 Å². The van der Waals surface area contributed by atoms with Gasteiger partial charge in [-0.15, -0.1) is 0 Å². The number of imidazole rings is 1. The fourth-order valence-electron chi connectivity index (χ4n) is 3.27. The zero-order chi connectivity index (χ0) is 21.8. The molecule has 0 atom stereocenters. The van der Waals surface area contributed by atoms with E-state index in [2.05, 4.69) is 15.3 Å². The van der Waals surface area contributed by atoms with Crippen molar-refractivity contribution in [3.63, 3.8) is 0 Å². The summed E-state index contributed by atoms with van der Waals surface area (Å²) in [5, 5.41) is 12.0. The van der Waals surface area contributed by atoms with E-state index in [0.717, 1.165) is 22.5 Å². The Morgan fingerprint density at radius 3 is 2.52 bits per heavy atom. The summed E-state index contributed by atoms with van der Waals surface area (Å²) in [5.41, 5.74) is 3.68. The molecule has 0 aliphatic heterocycles. The first-order chi connectivity index (χ1) is 15.0. The average Bonchev–Trinajstić information content (AvgIpc) is 3.21. The standard InChI is InChI=1S/C23H20N4O4/c1-31-21-9-7-15(12-25-21)16-6-8-20-26-17(14-27(20)13-16)10-11-24-22(28)18-4-2-3-5-19(18)23(29)30/h2-9,12-14H,10-11H2,1H3,(H,24,28)(H,29,30). The number of fused-ring (bicyclic) bond motifs is 1. The number of methoxy groups -OCH3 is 1. The van der Waals surface area contributed by atoms with Crippen molar-refractivity contribution in [3.05, 3.63) is 83.9 Å². The minimum atomic E-state index is -1.13. The number of nitrogens with zero attached hydrogens (tertiary/aromatic N) is 3. The minimum absolute atomic E-state index is 0.0201. The topological polar surface area (TPSA) is 106 Å². The highest BCUT2D eigenvalue weighted by Gasteiger charge is 2.15. The van der Waals surface area contributed by atoms with E-state index >= 15 is 0 Å². The van der Waals surface area contributed by atoms with E-state index in [9.17, 15) is 14.7 Å². The number of hydrogen-bond donors (Lipinski definition) is 2. The van der Waals surface area contributed by atoms with Crippen LogP contribution in [-0.4, -0.2) is 45.0 Å². The van der Waals surface area contributed by atoms with E-state index in [-0.39, 0.29) is 11.1 Å². The third kappa shape index (κ3) is 4.37. The number of pyridine rings is 2. The maximum absolute atomic E-state index is 12.4. The molecule has 8 heteroatoms. The molecule has 0 radical (unpaired) electrons. The van der Waals surface area contributed by atoms with Crippen LogP contribution in [0.4, 0.5) is 0 Å². The van der Waals surface area contributed by atoms with Crippen LogP contribution in [0.3, 0.4) is 0 Å². The number of carbonyl (C=O) groups is 2. The summed E-state index contributed by atoms with van der Waals surface area (Å²) >= 11 is 0. The number of aromatic nitrogens is 3. The Morgan fingerprint density at radius 1 is 1.03 bits per heavy atom. The normalized spacial score (nSPS) is 10.7. The zero-order valence-corrected chi connectivity index (χ0v) is 16.8. The van der Waals surface area contributed by atoms with Crippen molar-refractivity contribution >= 4 is 17.5 Å². The highest BCUT2D eigenvalue weighted by molar-refractivity contribution is 6.04. The Bertz CT molecular complexity index is 1250. The Kier molecular flexibility index (Phi) is 5.61. The lowest BCUT2D eigenvalue weighted by Crippen LogP contribution is -2.27. The number of hydrogen-bond acceptors (Lipinski definition) is 5. The molecular weight excluding hydrogens is 396 g/mol. The second-order valence-corrected chi connectivity index (χ2v) is 6.86. The number of carbonyl (C=O) groups excluding carboxylic acids is 1. The Morgan fingerprint density at radius 2 is 1.81 bits per heavy atom. The first-order valence-electron chi connectivity index (χ1n) is 9.64. The molecule has 0 bridgehead atoms. The van der Waals surface area contributed by atoms with Gasteiger partial charge in [0.15, 0.2) is 0 Å². The first-order valence-corrected chi connectivity index (χ1v) is 9.64. The van der Waals surface area contributed by atoms with Crippen LogP contribution < -0.4 is 10.1 Å². The lowest BCUT2D eigenvalue weighted by Gasteiger charge is -2.06. The van der Waals surface area contributed by atoms with Crippen LogP contribution in [0.5, 0.6) is 5.88 Å². The Hall–Kier alpha value is -4.20. The molecule has 0 saturated carbocycles. The van der Waals surface area contributed by atoms with Crippen LogP contribution in [0.15, 0.2) is 67.1 Å². The van der Waals surface area contributed by atoms with Gasteiger partial charge in [-0.1, -0.05) is 12.1 Å². The van der Waals surface area contributed by atoms with Gasteiger partial charge in [-0.05, 0) is 35.9 Å². The number of benzene rings is 1. The lowest BCUT2D eigenvalue weighted by molar-refractivity contribution is 0.0691. The number of rotatable bonds is 7. The number of aromatic carboxylic acids is 1. The van der Waals surface area contributed by atoms with Gasteiger partial charge in [-0.25, -0.2) is 14.8 Å². The first kappa shape index (κ1) is 20.1. The highest BCUT2D eigenvalue weighted by atomic mass is 16.5. The lowest BCUT2D eigenvalue weighted by atomic mass is 10.1. The van der Waals surface area contributed by atoms with Gasteiger partial charge in [0.1, 0.15) is 5.65 Å². The van der Waals surface area contributed by atoms with Crippen molar-refractivity contribution in [3.8, 4) is 17.0 Å². The molecule has 4 aromatic rings. The predicted octanol–water partition coefficient (Wildman–Crippen LogP) is 3.08. The summed E-state index contributed by atoms with van der Waals surface area (Å²) in [6, 6.07) is 13.8. The summed E-state index contributed by atoms with van der Waals surface area (Å²) in [7, 11) is 1.58. The summed E-state index contributed by atoms with van der Waals surface area (Å²) in [6.07, 6.45) is 6.15. The molecule has 156 valence electrons. The van der Waals surface area contributed by atoms with Crippen LogP contribution in [0.1, 0.15) is 26.4 Å². The number of amides is 1. The smallest absolute Gasteiger partial charge is 0.336 e. The predicted molar refractivity (Wildman–Crippen MR) is 114 cm³/mol. The second-order valence-electron chi connectivity index (χ2n) is 6.86. The molecule has 1 aromatic carbocycles. The molecule has 3 aromatic heterocycles. The fourth-order valence-corrected chi connectivity index (χ4v) is 3.27. The molecule has 1 amide bonds. The van der Waals surface area contributed by atoms with E-state index in [4.69, 9.17) is 4.74 Å². The molecule has 0 fully saturated rings. The fraction of sp³-hybridized carbons (Fsp3) is 0.130. The summed E-state index contributed by atoms with van der Waals surface area (Å²) in [5.74, 6) is -0.993. The molecule has 4 rings (SSSR count). The van der Waals surface area contributed by atoms with E-state index < -0.39 is 11.9 Å². The molecule has 0 unspecified atom stereocenters. The van der Waals surface area contributed by atoms with Gasteiger partial charge in [0.2, 0.25) is 5.88 Å². The Labute approximate surface area is 178 Å². The summed E-state index contributed by atoms with van der Waals surface area (Å²) in [4.78, 5) is 32.5. The molecule has 0 aliphatic rings. The van der Waals surface area contributed by atoms with Crippen molar-refractivity contribution in [2.75, 3.05) is 13.7 Å². The van der Waals surface area contributed by atoms with Crippen molar-refractivity contribution in [1.82, 2.24) is 19.7 Å². The molecule has 0 saturated heterocycles. The minimum Gasteiger partial charge on any atom is -0.481 e. The van der Waals surface area contributed by atoms with E-state index in [1.807, 2.05) is 41.1 Å². The molecule has 0 aliphatic carbocycles. The number of nitrogens with one attached hydrogen (secondary N) is 1. The monoisotopic (exact) mass is 416 g/mol. The molecule has 2 N–H and O–H groups in total. The summed E-state index contributed by atoms with van der Waals surface area (Å²) in [6.45, 7) is 0.339. The largest absolute Gasteiger partial charge is 0.481 e.